The van der Waals surface area contributed by atoms with Gasteiger partial charge in [-0.1, -0.05) is 30.3 Å². The van der Waals surface area contributed by atoms with E-state index in [4.69, 9.17) is 5.11 Å². The lowest BCUT2D eigenvalue weighted by Crippen LogP contribution is -2.44. The van der Waals surface area contributed by atoms with Crippen LogP contribution in [0.1, 0.15) is 35.6 Å². The number of carboxylic acid groups (broad SMARTS) is 1. The van der Waals surface area contributed by atoms with Gasteiger partial charge in [-0.05, 0) is 41.7 Å². The van der Waals surface area contributed by atoms with Crippen LogP contribution in [0.4, 0.5) is 0 Å². The number of carbonyl (C=O) groups is 3. The highest BCUT2D eigenvalue weighted by Gasteiger charge is 2.31. The fraction of sp³-hybridized carbons (Fsp3) is 0.273. The first kappa shape index (κ1) is 19.6. The Hall–Kier alpha value is -3.68. The van der Waals surface area contributed by atoms with Crippen LogP contribution in [0.25, 0.3) is 11.0 Å². The molecule has 0 spiro atoms. The predicted octanol–water partition coefficient (Wildman–Crippen LogP) is 1.54. The molecule has 3 aromatic rings. The minimum atomic E-state index is -0.866. The van der Waals surface area contributed by atoms with E-state index in [2.05, 4.69) is 5.32 Å². The van der Waals surface area contributed by atoms with Gasteiger partial charge in [-0.2, -0.15) is 0 Å². The molecule has 2 heterocycles. The fourth-order valence-electron chi connectivity index (χ4n) is 3.93. The third kappa shape index (κ3) is 3.63. The SMILES string of the molecule is Cn1c(=O)n(C2CCC(=O)NC2=O)c2ccc(Cc3ccc(CC(=O)O)cc3)cc21. The molecule has 1 saturated heterocycles. The molecule has 0 radical (unpaired) electrons. The third-order valence-corrected chi connectivity index (χ3v) is 5.46. The van der Waals surface area contributed by atoms with Crippen molar-refractivity contribution >= 4 is 28.8 Å². The molecule has 2 N–H and O–H groups in total. The van der Waals surface area contributed by atoms with Crippen molar-refractivity contribution in [2.45, 2.75) is 31.7 Å². The number of carbonyl (C=O) groups excluding carboxylic acids is 2. The summed E-state index contributed by atoms with van der Waals surface area (Å²) in [5.74, 6) is -1.64. The Labute approximate surface area is 171 Å². The van der Waals surface area contributed by atoms with Crippen LogP contribution in [0.15, 0.2) is 47.3 Å². The van der Waals surface area contributed by atoms with E-state index in [9.17, 15) is 19.2 Å². The summed E-state index contributed by atoms with van der Waals surface area (Å²) in [6.07, 6.45) is 1.12. The van der Waals surface area contributed by atoms with Gasteiger partial charge in [-0.3, -0.25) is 28.8 Å². The molecule has 0 bridgehead atoms. The van der Waals surface area contributed by atoms with Crippen LogP contribution in [0, 0.1) is 0 Å². The molecule has 4 rings (SSSR count). The van der Waals surface area contributed by atoms with Gasteiger partial charge < -0.3 is 5.11 Å². The summed E-state index contributed by atoms with van der Waals surface area (Å²) in [5, 5.41) is 11.2. The van der Waals surface area contributed by atoms with Crippen LogP contribution in [-0.2, 0) is 34.3 Å². The number of hydrogen-bond acceptors (Lipinski definition) is 4. The molecule has 1 unspecified atom stereocenters. The summed E-state index contributed by atoms with van der Waals surface area (Å²) < 4.78 is 2.97. The predicted molar refractivity (Wildman–Crippen MR) is 109 cm³/mol. The lowest BCUT2D eigenvalue weighted by atomic mass is 10.0. The molecule has 1 aliphatic rings. The number of aromatic nitrogens is 2. The zero-order valence-corrected chi connectivity index (χ0v) is 16.4. The van der Waals surface area contributed by atoms with E-state index in [0.717, 1.165) is 16.7 Å². The van der Waals surface area contributed by atoms with Crippen molar-refractivity contribution in [3.8, 4) is 0 Å². The number of benzene rings is 2. The number of aryl methyl sites for hydroxylation is 1. The largest absolute Gasteiger partial charge is 0.481 e. The summed E-state index contributed by atoms with van der Waals surface area (Å²) >= 11 is 0. The zero-order valence-electron chi connectivity index (χ0n) is 16.4. The van der Waals surface area contributed by atoms with Gasteiger partial charge in [0.05, 0.1) is 17.5 Å². The normalized spacial score (nSPS) is 16.6. The zero-order chi connectivity index (χ0) is 21.4. The van der Waals surface area contributed by atoms with Crippen LogP contribution in [0.3, 0.4) is 0 Å². The van der Waals surface area contributed by atoms with Gasteiger partial charge in [0.1, 0.15) is 6.04 Å². The number of piperidine rings is 1. The van der Waals surface area contributed by atoms with Crippen molar-refractivity contribution in [2.24, 2.45) is 7.05 Å². The van der Waals surface area contributed by atoms with Crippen LogP contribution < -0.4 is 11.0 Å². The highest BCUT2D eigenvalue weighted by Crippen LogP contribution is 2.24. The van der Waals surface area contributed by atoms with Gasteiger partial charge in [0.25, 0.3) is 0 Å². The van der Waals surface area contributed by atoms with Crippen molar-refractivity contribution in [1.82, 2.24) is 14.5 Å². The monoisotopic (exact) mass is 407 g/mol. The smallest absolute Gasteiger partial charge is 0.329 e. The molecule has 30 heavy (non-hydrogen) atoms. The van der Waals surface area contributed by atoms with E-state index in [1.165, 1.54) is 9.13 Å². The molecule has 8 heteroatoms. The molecular formula is C22H21N3O5. The molecule has 1 aromatic heterocycles. The Morgan fingerprint density at radius 3 is 2.37 bits per heavy atom. The Kier molecular flexibility index (Phi) is 4.99. The summed E-state index contributed by atoms with van der Waals surface area (Å²) in [6.45, 7) is 0. The Balaban J connectivity index is 1.64. The topological polar surface area (TPSA) is 110 Å². The molecule has 0 aliphatic carbocycles. The number of nitrogens with one attached hydrogen (secondary N) is 1. The van der Waals surface area contributed by atoms with Crippen LogP contribution in [0.5, 0.6) is 0 Å². The van der Waals surface area contributed by atoms with Crippen LogP contribution in [-0.4, -0.2) is 32.0 Å². The summed E-state index contributed by atoms with van der Waals surface area (Å²) in [5.41, 5.74) is 3.82. The van der Waals surface area contributed by atoms with Gasteiger partial charge in [-0.15, -0.1) is 0 Å². The van der Waals surface area contributed by atoms with E-state index < -0.39 is 17.9 Å². The van der Waals surface area contributed by atoms with Crippen LogP contribution >= 0.6 is 0 Å². The number of imide groups is 1. The second-order valence-corrected chi connectivity index (χ2v) is 7.57. The first-order chi connectivity index (χ1) is 14.3. The molecule has 8 nitrogen and oxygen atoms in total. The van der Waals surface area contributed by atoms with Crippen molar-refractivity contribution < 1.29 is 19.5 Å². The first-order valence-electron chi connectivity index (χ1n) is 9.66. The second kappa shape index (κ2) is 7.62. The highest BCUT2D eigenvalue weighted by atomic mass is 16.4. The van der Waals surface area contributed by atoms with E-state index in [1.54, 1.807) is 19.2 Å². The molecule has 0 saturated carbocycles. The van der Waals surface area contributed by atoms with E-state index >= 15 is 0 Å². The number of amides is 2. The quantitative estimate of drug-likeness (QED) is 0.624. The number of carboxylic acids is 1. The third-order valence-electron chi connectivity index (χ3n) is 5.46. The number of nitrogens with zero attached hydrogens (tertiary/aromatic N) is 2. The number of hydrogen-bond donors (Lipinski definition) is 2. The maximum absolute atomic E-state index is 12.8. The highest BCUT2D eigenvalue weighted by molar-refractivity contribution is 6.00. The number of imidazole rings is 1. The van der Waals surface area contributed by atoms with Gasteiger partial charge in [0, 0.05) is 13.5 Å². The van der Waals surface area contributed by atoms with Gasteiger partial charge in [-0.25, -0.2) is 4.79 Å². The maximum Gasteiger partial charge on any atom is 0.329 e. The minimum absolute atomic E-state index is 0.0117. The van der Waals surface area contributed by atoms with E-state index in [0.29, 0.717) is 23.9 Å². The lowest BCUT2D eigenvalue weighted by molar-refractivity contribution is -0.137. The molecule has 2 amide bonds. The maximum atomic E-state index is 12.8. The van der Waals surface area contributed by atoms with Gasteiger partial charge >= 0.3 is 11.7 Å². The lowest BCUT2D eigenvalue weighted by Gasteiger charge is -2.21. The van der Waals surface area contributed by atoms with E-state index in [1.807, 2.05) is 30.3 Å². The van der Waals surface area contributed by atoms with Crippen LogP contribution in [0.2, 0.25) is 0 Å². The Bertz CT molecular complexity index is 1220. The first-order valence-corrected chi connectivity index (χ1v) is 9.66. The molecule has 154 valence electrons. The van der Waals surface area contributed by atoms with Crippen molar-refractivity contribution in [2.75, 3.05) is 0 Å². The van der Waals surface area contributed by atoms with Gasteiger partial charge in [0.15, 0.2) is 0 Å². The summed E-state index contributed by atoms with van der Waals surface area (Å²) in [6, 6.07) is 12.4. The minimum Gasteiger partial charge on any atom is -0.481 e. The average Bonchev–Trinajstić information content (AvgIpc) is 2.94. The molecular weight excluding hydrogens is 386 g/mol. The fourth-order valence-corrected chi connectivity index (χ4v) is 3.93. The number of fused-ring (bicyclic) bond motifs is 1. The van der Waals surface area contributed by atoms with E-state index in [-0.39, 0.29) is 24.4 Å². The van der Waals surface area contributed by atoms with Crippen molar-refractivity contribution in [1.29, 1.82) is 0 Å². The average molecular weight is 407 g/mol. The molecule has 1 atom stereocenters. The standard InChI is InChI=1S/C22H21N3O5/c1-24-18-11-15(10-13-2-4-14(5-3-13)12-20(27)28)6-7-16(18)25(22(24)30)17-8-9-19(26)23-21(17)29/h2-7,11,17H,8-10,12H2,1H3,(H,27,28)(H,23,26,29). The second-order valence-electron chi connectivity index (χ2n) is 7.57. The Morgan fingerprint density at radius 2 is 1.70 bits per heavy atom. The van der Waals surface area contributed by atoms with Crippen molar-refractivity contribution in [3.05, 3.63) is 69.6 Å². The molecule has 1 fully saturated rings. The number of rotatable bonds is 5. The molecule has 2 aromatic carbocycles. The van der Waals surface area contributed by atoms with Gasteiger partial charge in [0.2, 0.25) is 11.8 Å². The summed E-state index contributed by atoms with van der Waals surface area (Å²) in [4.78, 5) is 47.3. The molecule has 1 aliphatic heterocycles. The Morgan fingerprint density at radius 1 is 1.03 bits per heavy atom. The number of aliphatic carboxylic acids is 1. The van der Waals surface area contributed by atoms with Crippen molar-refractivity contribution in [3.63, 3.8) is 0 Å². The summed E-state index contributed by atoms with van der Waals surface area (Å²) in [7, 11) is 1.66.